The average Bonchev–Trinajstić information content (AvgIpc) is 3.14. The fourth-order valence-corrected chi connectivity index (χ4v) is 6.50. The van der Waals surface area contributed by atoms with Crippen molar-refractivity contribution in [1.82, 2.24) is 15.1 Å². The van der Waals surface area contributed by atoms with Gasteiger partial charge in [-0.1, -0.05) is 48.0 Å². The van der Waals surface area contributed by atoms with E-state index < -0.39 is 0 Å². The minimum absolute atomic E-state index is 0.0193. The Labute approximate surface area is 230 Å². The van der Waals surface area contributed by atoms with Gasteiger partial charge in [0.05, 0.1) is 5.92 Å². The maximum atomic E-state index is 12.8. The molecule has 1 N–H and O–H groups in total. The number of unbranched alkanes of at least 4 members (excludes halogenated alkanes) is 2. The van der Waals surface area contributed by atoms with Crippen LogP contribution in [0.1, 0.15) is 112 Å². The fourth-order valence-electron chi connectivity index (χ4n) is 6.50. The quantitative estimate of drug-likeness (QED) is 0.328. The monoisotopic (exact) mass is 531 g/mol. The molecule has 216 valence electrons. The maximum Gasteiger partial charge on any atom is 0.233 e. The van der Waals surface area contributed by atoms with Crippen molar-refractivity contribution in [2.45, 2.75) is 112 Å². The number of rotatable bonds is 9. The molecule has 0 aromatic rings. The largest absolute Gasteiger partial charge is 0.356 e. The van der Waals surface area contributed by atoms with Crippen LogP contribution in [0.15, 0.2) is 0 Å². The maximum absolute atomic E-state index is 12.8. The van der Waals surface area contributed by atoms with Crippen molar-refractivity contribution in [3.8, 4) is 0 Å². The van der Waals surface area contributed by atoms with Gasteiger partial charge in [0.2, 0.25) is 23.6 Å². The number of piperidine rings is 1. The van der Waals surface area contributed by atoms with Gasteiger partial charge < -0.3 is 10.2 Å². The van der Waals surface area contributed by atoms with E-state index in [4.69, 9.17) is 0 Å². The molecule has 3 aliphatic rings. The summed E-state index contributed by atoms with van der Waals surface area (Å²) < 4.78 is 0. The van der Waals surface area contributed by atoms with Gasteiger partial charge in [0.15, 0.2) is 0 Å². The lowest BCUT2D eigenvalue weighted by Gasteiger charge is -2.38. The zero-order valence-electron chi connectivity index (χ0n) is 24.9. The zero-order chi connectivity index (χ0) is 28.1. The van der Waals surface area contributed by atoms with E-state index in [0.717, 1.165) is 70.9 Å². The molecule has 2 aliphatic heterocycles. The number of imide groups is 1. The predicted octanol–water partition coefficient (Wildman–Crippen LogP) is 5.18. The molecular weight excluding hydrogens is 478 g/mol. The molecule has 2 heterocycles. The van der Waals surface area contributed by atoms with E-state index in [1.54, 1.807) is 0 Å². The third kappa shape index (κ3) is 8.29. The number of amides is 4. The number of likely N-dealkylation sites (tertiary alicyclic amines) is 2. The highest BCUT2D eigenvalue weighted by atomic mass is 16.2. The number of carbonyl (C=O) groups is 4. The summed E-state index contributed by atoms with van der Waals surface area (Å²) in [7, 11) is 0. The van der Waals surface area contributed by atoms with E-state index in [9.17, 15) is 19.2 Å². The number of hydrogen-bond acceptors (Lipinski definition) is 4. The smallest absolute Gasteiger partial charge is 0.233 e. The van der Waals surface area contributed by atoms with Crippen LogP contribution in [0, 0.1) is 34.5 Å². The molecule has 1 saturated carbocycles. The lowest BCUT2D eigenvalue weighted by Crippen LogP contribution is -2.41. The Bertz CT molecular complexity index is 840. The Morgan fingerprint density at radius 2 is 1.47 bits per heavy atom. The number of carbonyl (C=O) groups excluding carboxylic acids is 4. The average molecular weight is 532 g/mol. The highest BCUT2D eigenvalue weighted by Crippen LogP contribution is 2.37. The normalized spacial score (nSPS) is 25.7. The first-order chi connectivity index (χ1) is 17.8. The van der Waals surface area contributed by atoms with Gasteiger partial charge in [0, 0.05) is 44.9 Å². The van der Waals surface area contributed by atoms with Crippen LogP contribution < -0.4 is 5.32 Å². The summed E-state index contributed by atoms with van der Waals surface area (Å²) in [4.78, 5) is 54.0. The molecule has 0 bridgehead atoms. The molecule has 38 heavy (non-hydrogen) atoms. The summed E-state index contributed by atoms with van der Waals surface area (Å²) in [5.74, 6) is 1.15. The van der Waals surface area contributed by atoms with Crippen molar-refractivity contribution in [3.63, 3.8) is 0 Å². The van der Waals surface area contributed by atoms with Crippen LogP contribution in [0.4, 0.5) is 0 Å². The van der Waals surface area contributed by atoms with Gasteiger partial charge >= 0.3 is 0 Å². The zero-order valence-corrected chi connectivity index (χ0v) is 24.9. The summed E-state index contributed by atoms with van der Waals surface area (Å²) in [5.41, 5.74) is 0.125. The van der Waals surface area contributed by atoms with E-state index >= 15 is 0 Å². The molecule has 0 aromatic carbocycles. The second-order valence-electron chi connectivity index (χ2n) is 14.3. The first-order valence-electron chi connectivity index (χ1n) is 15.2. The predicted molar refractivity (Wildman–Crippen MR) is 150 cm³/mol. The van der Waals surface area contributed by atoms with Crippen LogP contribution in [0.25, 0.3) is 0 Å². The van der Waals surface area contributed by atoms with Gasteiger partial charge in [0.1, 0.15) is 0 Å². The van der Waals surface area contributed by atoms with Crippen LogP contribution in [-0.2, 0) is 19.2 Å². The van der Waals surface area contributed by atoms with Crippen LogP contribution in [0.5, 0.6) is 0 Å². The van der Waals surface area contributed by atoms with Crippen molar-refractivity contribution in [1.29, 1.82) is 0 Å². The van der Waals surface area contributed by atoms with Crippen molar-refractivity contribution < 1.29 is 19.2 Å². The SMILES string of the molecule is CC(C)(C)C1CCN(C(=O)CCCCCNC(=O)C2CCC(CN3C(=O)CC(C(C)(C)C)C3=O)CC2)CC1. The Kier molecular flexibility index (Phi) is 10.4. The molecule has 4 amide bonds. The molecular formula is C31H53N3O4. The van der Waals surface area contributed by atoms with Gasteiger partial charge in [-0.25, -0.2) is 0 Å². The summed E-state index contributed by atoms with van der Waals surface area (Å²) in [6.45, 7) is 15.9. The van der Waals surface area contributed by atoms with Crippen LogP contribution in [0.2, 0.25) is 0 Å². The minimum atomic E-state index is -0.221. The molecule has 1 aliphatic carbocycles. The Balaban J connectivity index is 1.25. The van der Waals surface area contributed by atoms with Crippen molar-refractivity contribution in [2.75, 3.05) is 26.2 Å². The molecule has 3 rings (SSSR count). The topological polar surface area (TPSA) is 86.8 Å². The summed E-state index contributed by atoms with van der Waals surface area (Å²) in [5, 5.41) is 3.09. The van der Waals surface area contributed by atoms with Crippen molar-refractivity contribution in [3.05, 3.63) is 0 Å². The summed E-state index contributed by atoms with van der Waals surface area (Å²) >= 11 is 0. The molecule has 1 unspecified atom stereocenters. The van der Waals surface area contributed by atoms with Crippen molar-refractivity contribution in [2.24, 2.45) is 34.5 Å². The third-order valence-electron chi connectivity index (χ3n) is 9.39. The first kappa shape index (κ1) is 30.6. The molecule has 7 heteroatoms. The first-order valence-corrected chi connectivity index (χ1v) is 15.2. The van der Waals surface area contributed by atoms with Gasteiger partial charge in [-0.3, -0.25) is 24.1 Å². The summed E-state index contributed by atoms with van der Waals surface area (Å²) in [6, 6.07) is 0. The van der Waals surface area contributed by atoms with E-state index in [1.165, 1.54) is 4.90 Å². The summed E-state index contributed by atoms with van der Waals surface area (Å²) in [6.07, 6.45) is 9.26. The molecule has 1 atom stereocenters. The highest BCUT2D eigenvalue weighted by molar-refractivity contribution is 6.03. The minimum Gasteiger partial charge on any atom is -0.356 e. The van der Waals surface area contributed by atoms with Crippen LogP contribution in [0.3, 0.4) is 0 Å². The molecule has 0 spiro atoms. The highest BCUT2D eigenvalue weighted by Gasteiger charge is 2.45. The lowest BCUT2D eigenvalue weighted by atomic mass is 9.75. The number of nitrogens with one attached hydrogen (secondary N) is 1. The van der Waals surface area contributed by atoms with E-state index in [0.29, 0.717) is 43.2 Å². The molecule has 2 saturated heterocycles. The van der Waals surface area contributed by atoms with E-state index in [-0.39, 0.29) is 40.9 Å². The number of hydrogen-bond donors (Lipinski definition) is 1. The molecule has 0 radical (unpaired) electrons. The molecule has 7 nitrogen and oxygen atoms in total. The van der Waals surface area contributed by atoms with Crippen molar-refractivity contribution >= 4 is 23.6 Å². The third-order valence-corrected chi connectivity index (χ3v) is 9.39. The van der Waals surface area contributed by atoms with E-state index in [2.05, 4.69) is 26.1 Å². The van der Waals surface area contributed by atoms with Gasteiger partial charge in [-0.05, 0) is 74.0 Å². The Morgan fingerprint density at radius 3 is 2.03 bits per heavy atom. The fraction of sp³-hybridized carbons (Fsp3) is 0.871. The number of nitrogens with zero attached hydrogens (tertiary/aromatic N) is 2. The molecule has 0 aromatic heterocycles. The second-order valence-corrected chi connectivity index (χ2v) is 14.3. The second kappa shape index (κ2) is 13.0. The Morgan fingerprint density at radius 1 is 0.842 bits per heavy atom. The van der Waals surface area contributed by atoms with Gasteiger partial charge in [-0.2, -0.15) is 0 Å². The van der Waals surface area contributed by atoms with Crippen LogP contribution in [-0.4, -0.2) is 59.6 Å². The molecule has 3 fully saturated rings. The van der Waals surface area contributed by atoms with Gasteiger partial charge in [0.25, 0.3) is 0 Å². The standard InChI is InChI=1S/C31H53N3O4/c1-30(2,3)24-15-18-33(19-16-24)26(35)10-8-7-9-17-32-28(37)23-13-11-22(12-14-23)21-34-27(36)20-25(29(34)38)31(4,5)6/h22-25H,7-21H2,1-6H3,(H,32,37). The van der Waals surface area contributed by atoms with Gasteiger partial charge in [-0.15, -0.1) is 0 Å². The van der Waals surface area contributed by atoms with Crippen LogP contribution >= 0.6 is 0 Å². The lowest BCUT2D eigenvalue weighted by molar-refractivity contribution is -0.141. The Hall–Kier alpha value is -1.92. The van der Waals surface area contributed by atoms with E-state index in [1.807, 2.05) is 25.7 Å².